The lowest BCUT2D eigenvalue weighted by Gasteiger charge is -2.30. The SMILES string of the molecule is CC1CCNC(C(=O)N(C)c2ccc(C(=O)O)cc2)C1. The van der Waals surface area contributed by atoms with E-state index in [1.54, 1.807) is 24.1 Å². The van der Waals surface area contributed by atoms with Gasteiger partial charge in [-0.3, -0.25) is 4.79 Å². The molecule has 0 aliphatic carbocycles. The molecule has 2 unspecified atom stereocenters. The van der Waals surface area contributed by atoms with E-state index in [9.17, 15) is 9.59 Å². The van der Waals surface area contributed by atoms with Crippen LogP contribution in [-0.2, 0) is 4.79 Å². The van der Waals surface area contributed by atoms with Gasteiger partial charge in [-0.2, -0.15) is 0 Å². The first kappa shape index (κ1) is 14.5. The third-order valence-corrected chi connectivity index (χ3v) is 3.80. The number of amides is 1. The first-order valence-corrected chi connectivity index (χ1v) is 6.83. The van der Waals surface area contributed by atoms with Crippen LogP contribution in [0, 0.1) is 5.92 Å². The molecule has 0 radical (unpaired) electrons. The second-order valence-electron chi connectivity index (χ2n) is 5.39. The minimum Gasteiger partial charge on any atom is -0.478 e. The van der Waals surface area contributed by atoms with Gasteiger partial charge in [0.15, 0.2) is 0 Å². The van der Waals surface area contributed by atoms with Crippen LogP contribution in [0.5, 0.6) is 0 Å². The fraction of sp³-hybridized carbons (Fsp3) is 0.467. The maximum absolute atomic E-state index is 12.4. The number of anilines is 1. The van der Waals surface area contributed by atoms with Crippen LogP contribution in [0.3, 0.4) is 0 Å². The molecule has 2 rings (SSSR count). The maximum atomic E-state index is 12.4. The first-order chi connectivity index (χ1) is 9.49. The molecule has 1 aromatic rings. The highest BCUT2D eigenvalue weighted by molar-refractivity contribution is 5.97. The number of rotatable bonds is 3. The van der Waals surface area contributed by atoms with E-state index in [0.717, 1.165) is 19.4 Å². The van der Waals surface area contributed by atoms with Gasteiger partial charge in [-0.05, 0) is 49.6 Å². The van der Waals surface area contributed by atoms with E-state index in [2.05, 4.69) is 12.2 Å². The zero-order valence-electron chi connectivity index (χ0n) is 11.8. The summed E-state index contributed by atoms with van der Waals surface area (Å²) in [4.78, 5) is 24.8. The number of carbonyl (C=O) groups is 2. The van der Waals surface area contributed by atoms with Crippen molar-refractivity contribution in [2.45, 2.75) is 25.8 Å². The number of carboxylic acids is 1. The molecule has 0 saturated carbocycles. The van der Waals surface area contributed by atoms with Crippen molar-refractivity contribution in [1.82, 2.24) is 5.32 Å². The molecule has 1 aliphatic rings. The van der Waals surface area contributed by atoms with Crippen LogP contribution in [0.4, 0.5) is 5.69 Å². The molecule has 1 aromatic carbocycles. The third kappa shape index (κ3) is 3.17. The molecule has 0 bridgehead atoms. The minimum absolute atomic E-state index is 0.0274. The van der Waals surface area contributed by atoms with Gasteiger partial charge in [0.25, 0.3) is 0 Å². The highest BCUT2D eigenvalue weighted by Crippen LogP contribution is 2.20. The van der Waals surface area contributed by atoms with Crippen molar-refractivity contribution >= 4 is 17.6 Å². The summed E-state index contributed by atoms with van der Waals surface area (Å²) in [7, 11) is 1.72. The van der Waals surface area contributed by atoms with Gasteiger partial charge in [0.2, 0.25) is 5.91 Å². The molecule has 1 aliphatic heterocycles. The van der Waals surface area contributed by atoms with Gasteiger partial charge in [0, 0.05) is 12.7 Å². The van der Waals surface area contributed by atoms with Crippen LogP contribution in [0.1, 0.15) is 30.1 Å². The summed E-state index contributed by atoms with van der Waals surface area (Å²) in [6.45, 7) is 3.02. The summed E-state index contributed by atoms with van der Waals surface area (Å²) >= 11 is 0. The molecule has 1 fully saturated rings. The van der Waals surface area contributed by atoms with E-state index in [-0.39, 0.29) is 17.5 Å². The maximum Gasteiger partial charge on any atom is 0.335 e. The number of benzene rings is 1. The van der Waals surface area contributed by atoms with Crippen LogP contribution in [0.2, 0.25) is 0 Å². The number of hydrogen-bond acceptors (Lipinski definition) is 3. The van der Waals surface area contributed by atoms with Crippen LogP contribution in [0.15, 0.2) is 24.3 Å². The lowest BCUT2D eigenvalue weighted by Crippen LogP contribution is -2.49. The number of carboxylic acid groups (broad SMARTS) is 1. The summed E-state index contributed by atoms with van der Waals surface area (Å²) in [5.41, 5.74) is 0.930. The van der Waals surface area contributed by atoms with Crippen LogP contribution in [0.25, 0.3) is 0 Å². The van der Waals surface area contributed by atoms with Gasteiger partial charge in [0.1, 0.15) is 0 Å². The smallest absolute Gasteiger partial charge is 0.335 e. The summed E-state index contributed by atoms with van der Waals surface area (Å²) in [5.74, 6) is -0.388. The van der Waals surface area contributed by atoms with Crippen molar-refractivity contribution in [3.63, 3.8) is 0 Å². The zero-order chi connectivity index (χ0) is 14.7. The van der Waals surface area contributed by atoms with Gasteiger partial charge in [0.05, 0.1) is 11.6 Å². The fourth-order valence-electron chi connectivity index (χ4n) is 2.48. The predicted octanol–water partition coefficient (Wildman–Crippen LogP) is 1.74. The van der Waals surface area contributed by atoms with Crippen molar-refractivity contribution in [1.29, 1.82) is 0 Å². The Labute approximate surface area is 118 Å². The Morgan fingerprint density at radius 1 is 1.30 bits per heavy atom. The molecule has 1 amide bonds. The van der Waals surface area contributed by atoms with Gasteiger partial charge >= 0.3 is 5.97 Å². The Morgan fingerprint density at radius 2 is 1.95 bits per heavy atom. The molecule has 1 saturated heterocycles. The van der Waals surface area contributed by atoms with Crippen molar-refractivity contribution in [3.8, 4) is 0 Å². The molecular weight excluding hydrogens is 256 g/mol. The largest absolute Gasteiger partial charge is 0.478 e. The standard InChI is InChI=1S/C15H20N2O3/c1-10-7-8-16-13(9-10)14(18)17(2)12-5-3-11(4-6-12)15(19)20/h3-6,10,13,16H,7-9H2,1-2H3,(H,19,20). The van der Waals surface area contributed by atoms with E-state index in [0.29, 0.717) is 11.6 Å². The van der Waals surface area contributed by atoms with Crippen molar-refractivity contribution in [2.24, 2.45) is 5.92 Å². The highest BCUT2D eigenvalue weighted by atomic mass is 16.4. The Morgan fingerprint density at radius 3 is 2.50 bits per heavy atom. The Bertz CT molecular complexity index is 498. The van der Waals surface area contributed by atoms with E-state index >= 15 is 0 Å². The molecule has 20 heavy (non-hydrogen) atoms. The molecule has 0 spiro atoms. The Hall–Kier alpha value is -1.88. The predicted molar refractivity (Wildman–Crippen MR) is 77.0 cm³/mol. The minimum atomic E-state index is -0.965. The summed E-state index contributed by atoms with van der Waals surface area (Å²) < 4.78 is 0. The lowest BCUT2D eigenvalue weighted by atomic mass is 9.93. The normalized spacial score (nSPS) is 22.3. The van der Waals surface area contributed by atoms with E-state index < -0.39 is 5.97 Å². The molecule has 108 valence electrons. The lowest BCUT2D eigenvalue weighted by molar-refractivity contribution is -0.121. The van der Waals surface area contributed by atoms with Crippen LogP contribution in [-0.4, -0.2) is 36.6 Å². The van der Waals surface area contributed by atoms with E-state index in [4.69, 9.17) is 5.11 Å². The van der Waals surface area contributed by atoms with E-state index in [1.807, 2.05) is 0 Å². The van der Waals surface area contributed by atoms with Crippen LogP contribution >= 0.6 is 0 Å². The molecule has 0 aromatic heterocycles. The van der Waals surface area contributed by atoms with Crippen molar-refractivity contribution < 1.29 is 14.7 Å². The number of likely N-dealkylation sites (N-methyl/N-ethyl adjacent to an activating group) is 1. The van der Waals surface area contributed by atoms with Crippen molar-refractivity contribution in [3.05, 3.63) is 29.8 Å². The topological polar surface area (TPSA) is 69.6 Å². The number of carbonyl (C=O) groups excluding carboxylic acids is 1. The zero-order valence-corrected chi connectivity index (χ0v) is 11.8. The molecule has 5 heteroatoms. The number of hydrogen-bond donors (Lipinski definition) is 2. The number of nitrogens with zero attached hydrogens (tertiary/aromatic N) is 1. The Balaban J connectivity index is 2.07. The second kappa shape index (κ2) is 6.05. The average Bonchev–Trinajstić information content (AvgIpc) is 2.46. The summed E-state index contributed by atoms with van der Waals surface area (Å²) in [6.07, 6.45) is 1.94. The van der Waals surface area contributed by atoms with Crippen molar-refractivity contribution in [2.75, 3.05) is 18.5 Å². The molecule has 2 N–H and O–H groups in total. The second-order valence-corrected chi connectivity index (χ2v) is 5.39. The quantitative estimate of drug-likeness (QED) is 0.882. The average molecular weight is 276 g/mol. The Kier molecular flexibility index (Phi) is 4.39. The van der Waals surface area contributed by atoms with Gasteiger partial charge in [-0.15, -0.1) is 0 Å². The summed E-state index contributed by atoms with van der Waals surface area (Å²) in [5, 5.41) is 12.1. The fourth-order valence-corrected chi connectivity index (χ4v) is 2.48. The van der Waals surface area contributed by atoms with Gasteiger partial charge < -0.3 is 15.3 Å². The summed E-state index contributed by atoms with van der Waals surface area (Å²) in [6, 6.07) is 6.20. The van der Waals surface area contributed by atoms with E-state index in [1.165, 1.54) is 12.1 Å². The third-order valence-electron chi connectivity index (χ3n) is 3.80. The highest BCUT2D eigenvalue weighted by Gasteiger charge is 2.27. The first-order valence-electron chi connectivity index (χ1n) is 6.83. The number of piperidine rings is 1. The van der Waals surface area contributed by atoms with Gasteiger partial charge in [-0.25, -0.2) is 4.79 Å². The van der Waals surface area contributed by atoms with Crippen LogP contribution < -0.4 is 10.2 Å². The monoisotopic (exact) mass is 276 g/mol. The molecular formula is C15H20N2O3. The van der Waals surface area contributed by atoms with Gasteiger partial charge in [-0.1, -0.05) is 6.92 Å². The molecule has 2 atom stereocenters. The molecule has 5 nitrogen and oxygen atoms in total. The molecule has 1 heterocycles. The number of nitrogens with one attached hydrogen (secondary N) is 1. The number of aromatic carboxylic acids is 1.